The lowest BCUT2D eigenvalue weighted by Crippen LogP contribution is -2.47. The van der Waals surface area contributed by atoms with Gasteiger partial charge in [-0.05, 0) is 48.0 Å². The molecule has 0 spiro atoms. The lowest BCUT2D eigenvalue weighted by Gasteiger charge is -2.25. The summed E-state index contributed by atoms with van der Waals surface area (Å²) in [5.74, 6) is -0.979. The summed E-state index contributed by atoms with van der Waals surface area (Å²) < 4.78 is 35.2. The molecule has 0 unspecified atom stereocenters. The largest absolute Gasteiger partial charge is 0.459 e. The third-order valence-electron chi connectivity index (χ3n) is 3.11. The van der Waals surface area contributed by atoms with Gasteiger partial charge < -0.3 is 14.8 Å². The van der Waals surface area contributed by atoms with Gasteiger partial charge in [0, 0.05) is 26.1 Å². The maximum absolute atomic E-state index is 12.3. The van der Waals surface area contributed by atoms with E-state index in [4.69, 9.17) is 9.47 Å². The molecule has 0 saturated heterocycles. The van der Waals surface area contributed by atoms with Crippen molar-refractivity contribution in [3.05, 3.63) is 0 Å². The van der Waals surface area contributed by atoms with Crippen LogP contribution in [0, 0.1) is 0 Å². The Morgan fingerprint density at radius 3 is 2.00 bits per heavy atom. The van der Waals surface area contributed by atoms with Crippen molar-refractivity contribution in [2.75, 3.05) is 26.4 Å². The third kappa shape index (κ3) is 17.0. The zero-order chi connectivity index (χ0) is 23.8. The number of hydrazine groups is 1. The van der Waals surface area contributed by atoms with Gasteiger partial charge in [-0.3, -0.25) is 15.0 Å². The molecule has 0 heterocycles. The van der Waals surface area contributed by atoms with E-state index in [0.29, 0.717) is 0 Å². The SMILES string of the molecule is CN(CC(=O)OC(C)(C)C)NC(=O)C[C@H](CCNS(C)(=O)=O)NC(=O)OC(C)(C)C. The zero-order valence-electron chi connectivity index (χ0n) is 19.1. The van der Waals surface area contributed by atoms with Crippen molar-refractivity contribution in [2.45, 2.75) is 71.6 Å². The smallest absolute Gasteiger partial charge is 0.407 e. The van der Waals surface area contributed by atoms with E-state index in [1.54, 1.807) is 41.5 Å². The number of rotatable bonds is 10. The molecule has 0 aromatic rings. The Morgan fingerprint density at radius 2 is 1.53 bits per heavy atom. The molecule has 2 amide bonds. The van der Waals surface area contributed by atoms with Crippen molar-refractivity contribution in [1.82, 2.24) is 20.5 Å². The molecule has 3 N–H and O–H groups in total. The van der Waals surface area contributed by atoms with E-state index in [9.17, 15) is 22.8 Å². The highest BCUT2D eigenvalue weighted by molar-refractivity contribution is 7.88. The Labute approximate surface area is 179 Å². The fourth-order valence-electron chi connectivity index (χ4n) is 2.21. The normalized spacial score (nSPS) is 13.5. The van der Waals surface area contributed by atoms with E-state index >= 15 is 0 Å². The minimum Gasteiger partial charge on any atom is -0.459 e. The van der Waals surface area contributed by atoms with Crippen LogP contribution in [-0.2, 0) is 29.1 Å². The average Bonchev–Trinajstić information content (AvgIpc) is 2.40. The number of ether oxygens (including phenoxy) is 2. The number of likely N-dealkylation sites (N-methyl/N-ethyl adjacent to an activating group) is 1. The van der Waals surface area contributed by atoms with Crippen molar-refractivity contribution in [3.63, 3.8) is 0 Å². The Balaban J connectivity index is 4.83. The highest BCUT2D eigenvalue weighted by atomic mass is 32.2. The molecule has 12 heteroatoms. The summed E-state index contributed by atoms with van der Waals surface area (Å²) in [4.78, 5) is 36.2. The second kappa shape index (κ2) is 11.5. The monoisotopic (exact) mass is 452 g/mol. The van der Waals surface area contributed by atoms with Crippen molar-refractivity contribution < 1.29 is 32.3 Å². The number of sulfonamides is 1. The third-order valence-corrected chi connectivity index (χ3v) is 3.84. The lowest BCUT2D eigenvalue weighted by atomic mass is 10.1. The topological polar surface area (TPSA) is 143 Å². The summed E-state index contributed by atoms with van der Waals surface area (Å²) in [6.45, 7) is 10.2. The molecule has 0 bridgehead atoms. The van der Waals surface area contributed by atoms with Gasteiger partial charge in [0.15, 0.2) is 0 Å². The maximum Gasteiger partial charge on any atom is 0.407 e. The molecule has 1 atom stereocenters. The summed E-state index contributed by atoms with van der Waals surface area (Å²) in [5.41, 5.74) is 1.15. The van der Waals surface area contributed by atoms with Crippen LogP contribution in [0.1, 0.15) is 54.4 Å². The summed E-state index contributed by atoms with van der Waals surface area (Å²) >= 11 is 0. The number of carbonyl (C=O) groups is 3. The number of alkyl carbamates (subject to hydrolysis) is 1. The van der Waals surface area contributed by atoms with Gasteiger partial charge in [0.25, 0.3) is 0 Å². The minimum absolute atomic E-state index is 0.0281. The number of nitrogens with zero attached hydrogens (tertiary/aromatic N) is 1. The van der Waals surface area contributed by atoms with E-state index in [2.05, 4.69) is 15.5 Å². The first-order valence-corrected chi connectivity index (χ1v) is 11.4. The summed E-state index contributed by atoms with van der Waals surface area (Å²) in [6, 6.07) is -0.691. The first-order valence-electron chi connectivity index (χ1n) is 9.53. The standard InChI is InChI=1S/C18H36N4O7S/c1-17(2,3)28-15(24)12-22(7)21-14(23)11-13(9-10-19-30(8,26)27)20-16(25)29-18(4,5)6/h13,19H,9-12H2,1-8H3,(H,20,25)(H,21,23)/t13-/m0/s1. The number of hydrogen-bond acceptors (Lipinski definition) is 8. The van der Waals surface area contributed by atoms with Gasteiger partial charge in [0.05, 0.1) is 6.26 Å². The minimum atomic E-state index is -3.41. The van der Waals surface area contributed by atoms with E-state index in [-0.39, 0.29) is 25.9 Å². The predicted octanol–water partition coefficient (Wildman–Crippen LogP) is 0.514. The molecule has 0 aliphatic heterocycles. The summed E-state index contributed by atoms with van der Waals surface area (Å²) in [7, 11) is -1.90. The quantitative estimate of drug-likeness (QED) is 0.321. The van der Waals surface area contributed by atoms with Gasteiger partial charge in [-0.25, -0.2) is 22.9 Å². The Kier molecular flexibility index (Phi) is 10.7. The van der Waals surface area contributed by atoms with Crippen molar-refractivity contribution >= 4 is 28.0 Å². The number of esters is 1. The first kappa shape index (κ1) is 28.1. The van der Waals surface area contributed by atoms with Gasteiger partial charge in [0.2, 0.25) is 15.9 Å². The van der Waals surface area contributed by atoms with Crippen LogP contribution in [0.15, 0.2) is 0 Å². The molecule has 0 aromatic heterocycles. The van der Waals surface area contributed by atoms with E-state index < -0.39 is 45.2 Å². The second-order valence-corrected chi connectivity index (χ2v) is 10.8. The molecule has 0 fully saturated rings. The van der Waals surface area contributed by atoms with Crippen LogP contribution in [0.2, 0.25) is 0 Å². The van der Waals surface area contributed by atoms with Gasteiger partial charge in [-0.15, -0.1) is 0 Å². The molecule has 0 rings (SSSR count). The van der Waals surface area contributed by atoms with Crippen LogP contribution >= 0.6 is 0 Å². The highest BCUT2D eigenvalue weighted by Gasteiger charge is 2.23. The van der Waals surface area contributed by atoms with Crippen LogP contribution in [0.25, 0.3) is 0 Å². The van der Waals surface area contributed by atoms with Crippen LogP contribution in [-0.4, -0.2) is 75.0 Å². The average molecular weight is 453 g/mol. The lowest BCUT2D eigenvalue weighted by molar-refractivity contribution is -0.156. The maximum atomic E-state index is 12.3. The Hall–Kier alpha value is -1.92. The van der Waals surface area contributed by atoms with Crippen molar-refractivity contribution in [2.24, 2.45) is 0 Å². The summed E-state index contributed by atoms with van der Waals surface area (Å²) in [6.07, 6.45) is 0.308. The molecule has 0 radical (unpaired) electrons. The Bertz CT molecular complexity index is 696. The molecule has 11 nitrogen and oxygen atoms in total. The number of carbonyl (C=O) groups excluding carboxylic acids is 3. The molecular weight excluding hydrogens is 416 g/mol. The highest BCUT2D eigenvalue weighted by Crippen LogP contribution is 2.09. The van der Waals surface area contributed by atoms with Crippen LogP contribution < -0.4 is 15.5 Å². The molecule has 176 valence electrons. The molecular formula is C18H36N4O7S. The fourth-order valence-corrected chi connectivity index (χ4v) is 2.70. The van der Waals surface area contributed by atoms with Gasteiger partial charge >= 0.3 is 12.1 Å². The molecule has 0 aliphatic rings. The van der Waals surface area contributed by atoms with E-state index in [1.165, 1.54) is 12.1 Å². The molecule has 0 saturated carbocycles. The summed E-state index contributed by atoms with van der Waals surface area (Å²) in [5, 5.41) is 3.84. The van der Waals surface area contributed by atoms with Crippen molar-refractivity contribution in [1.29, 1.82) is 0 Å². The number of hydrogen-bond donors (Lipinski definition) is 3. The number of nitrogens with one attached hydrogen (secondary N) is 3. The van der Waals surface area contributed by atoms with Gasteiger partial charge in [-0.1, -0.05) is 0 Å². The van der Waals surface area contributed by atoms with Gasteiger partial charge in [-0.2, -0.15) is 0 Å². The number of amides is 2. The second-order valence-electron chi connectivity index (χ2n) is 8.98. The van der Waals surface area contributed by atoms with Crippen LogP contribution in [0.4, 0.5) is 4.79 Å². The van der Waals surface area contributed by atoms with Crippen LogP contribution in [0.5, 0.6) is 0 Å². The molecule has 30 heavy (non-hydrogen) atoms. The first-order chi connectivity index (χ1) is 13.4. The molecule has 0 aliphatic carbocycles. The fraction of sp³-hybridized carbons (Fsp3) is 0.833. The van der Waals surface area contributed by atoms with Crippen molar-refractivity contribution in [3.8, 4) is 0 Å². The van der Waals surface area contributed by atoms with Crippen LogP contribution in [0.3, 0.4) is 0 Å². The predicted molar refractivity (Wildman–Crippen MR) is 112 cm³/mol. The van der Waals surface area contributed by atoms with E-state index in [0.717, 1.165) is 6.26 Å². The van der Waals surface area contributed by atoms with E-state index in [1.807, 2.05) is 0 Å². The zero-order valence-corrected chi connectivity index (χ0v) is 19.9. The molecule has 0 aromatic carbocycles. The van der Waals surface area contributed by atoms with Gasteiger partial charge in [0.1, 0.15) is 17.7 Å². The Morgan fingerprint density at radius 1 is 1.00 bits per heavy atom.